The highest BCUT2D eigenvalue weighted by Gasteiger charge is 2.15. The van der Waals surface area contributed by atoms with Gasteiger partial charge in [0.25, 0.3) is 5.91 Å². The smallest absolute Gasteiger partial charge is 0.262 e. The molecule has 1 amide bonds. The second kappa shape index (κ2) is 4.85. The summed E-state index contributed by atoms with van der Waals surface area (Å²) in [5.74, 6) is 0.610. The average molecular weight is 221 g/mol. The largest absolute Gasteiger partial charge is 0.482 e. The second-order valence-electron chi connectivity index (χ2n) is 3.58. The molecule has 0 aromatic heterocycles. The van der Waals surface area contributed by atoms with Gasteiger partial charge in [0, 0.05) is 18.8 Å². The van der Waals surface area contributed by atoms with Crippen LogP contribution in [0.15, 0.2) is 18.2 Å². The van der Waals surface area contributed by atoms with E-state index in [0.29, 0.717) is 0 Å². The molecule has 1 heterocycles. The molecule has 0 bridgehead atoms. The molecule has 86 valence electrons. The standard InChI is InChI=1S/C11H15N3O2/c1-12-4-5-13-8-2-3-10-9(6-8)14-11(15)7-16-10/h2-3,6,12-13H,4-5,7H2,1H3,(H,14,15). The van der Waals surface area contributed by atoms with E-state index in [1.807, 2.05) is 25.2 Å². The van der Waals surface area contributed by atoms with E-state index in [2.05, 4.69) is 16.0 Å². The molecule has 1 aliphatic heterocycles. The molecule has 5 heteroatoms. The number of ether oxygens (including phenoxy) is 1. The molecular weight excluding hydrogens is 206 g/mol. The third kappa shape index (κ3) is 2.43. The number of amides is 1. The lowest BCUT2D eigenvalue weighted by Crippen LogP contribution is -2.25. The van der Waals surface area contributed by atoms with Crippen molar-refractivity contribution in [2.45, 2.75) is 0 Å². The van der Waals surface area contributed by atoms with E-state index >= 15 is 0 Å². The molecule has 0 spiro atoms. The van der Waals surface area contributed by atoms with Crippen molar-refractivity contribution < 1.29 is 9.53 Å². The van der Waals surface area contributed by atoms with Crippen molar-refractivity contribution in [1.82, 2.24) is 5.32 Å². The third-order valence-corrected chi connectivity index (χ3v) is 2.32. The Labute approximate surface area is 94.2 Å². The van der Waals surface area contributed by atoms with Crippen molar-refractivity contribution in [3.8, 4) is 5.75 Å². The highest BCUT2D eigenvalue weighted by Crippen LogP contribution is 2.30. The first kappa shape index (κ1) is 10.8. The van der Waals surface area contributed by atoms with Crippen LogP contribution in [0.2, 0.25) is 0 Å². The van der Waals surface area contributed by atoms with Crippen molar-refractivity contribution in [2.24, 2.45) is 0 Å². The molecule has 3 N–H and O–H groups in total. The van der Waals surface area contributed by atoms with Gasteiger partial charge in [0.15, 0.2) is 6.61 Å². The summed E-state index contributed by atoms with van der Waals surface area (Å²) in [6, 6.07) is 5.67. The number of hydrogen-bond donors (Lipinski definition) is 3. The molecule has 0 aliphatic carbocycles. The zero-order valence-corrected chi connectivity index (χ0v) is 9.17. The third-order valence-electron chi connectivity index (χ3n) is 2.32. The first-order valence-corrected chi connectivity index (χ1v) is 5.25. The Morgan fingerprint density at radius 1 is 1.44 bits per heavy atom. The Balaban J connectivity index is 2.06. The molecule has 0 saturated heterocycles. The van der Waals surface area contributed by atoms with Gasteiger partial charge in [-0.3, -0.25) is 4.79 Å². The molecule has 0 unspecified atom stereocenters. The maximum atomic E-state index is 11.1. The van der Waals surface area contributed by atoms with Gasteiger partial charge in [0.05, 0.1) is 5.69 Å². The number of carbonyl (C=O) groups excluding carboxylic acids is 1. The normalized spacial score (nSPS) is 13.7. The number of likely N-dealkylation sites (N-methyl/N-ethyl adjacent to an activating group) is 1. The fraction of sp³-hybridized carbons (Fsp3) is 0.364. The fourth-order valence-corrected chi connectivity index (χ4v) is 1.52. The predicted octanol–water partition coefficient (Wildman–Crippen LogP) is 0.649. The van der Waals surface area contributed by atoms with Gasteiger partial charge >= 0.3 is 0 Å². The summed E-state index contributed by atoms with van der Waals surface area (Å²) in [7, 11) is 1.91. The zero-order chi connectivity index (χ0) is 11.4. The minimum Gasteiger partial charge on any atom is -0.482 e. The molecule has 0 radical (unpaired) electrons. The highest BCUT2D eigenvalue weighted by atomic mass is 16.5. The van der Waals surface area contributed by atoms with E-state index in [-0.39, 0.29) is 12.5 Å². The lowest BCUT2D eigenvalue weighted by atomic mass is 10.2. The van der Waals surface area contributed by atoms with Crippen LogP contribution in [-0.2, 0) is 4.79 Å². The van der Waals surface area contributed by atoms with Gasteiger partial charge in [0.1, 0.15) is 5.75 Å². The van der Waals surface area contributed by atoms with Crippen LogP contribution in [0.5, 0.6) is 5.75 Å². The van der Waals surface area contributed by atoms with Gasteiger partial charge in [0.2, 0.25) is 0 Å². The second-order valence-corrected chi connectivity index (χ2v) is 3.58. The van der Waals surface area contributed by atoms with Gasteiger partial charge in [-0.25, -0.2) is 0 Å². The van der Waals surface area contributed by atoms with Crippen molar-refractivity contribution in [2.75, 3.05) is 37.4 Å². The summed E-state index contributed by atoms with van der Waals surface area (Å²) in [6.45, 7) is 1.82. The van der Waals surface area contributed by atoms with E-state index in [1.54, 1.807) is 0 Å². The maximum Gasteiger partial charge on any atom is 0.262 e. The Hall–Kier alpha value is -1.75. The molecular formula is C11H15N3O2. The van der Waals surface area contributed by atoms with Crippen LogP contribution in [0.4, 0.5) is 11.4 Å². The predicted molar refractivity (Wildman–Crippen MR) is 63.0 cm³/mol. The lowest BCUT2D eigenvalue weighted by molar-refractivity contribution is -0.118. The molecule has 1 aromatic rings. The van der Waals surface area contributed by atoms with Crippen LogP contribution in [0, 0.1) is 0 Å². The average Bonchev–Trinajstić information content (AvgIpc) is 2.29. The Morgan fingerprint density at radius 3 is 3.12 bits per heavy atom. The maximum absolute atomic E-state index is 11.1. The van der Waals surface area contributed by atoms with Crippen molar-refractivity contribution >= 4 is 17.3 Å². The number of hydrogen-bond acceptors (Lipinski definition) is 4. The zero-order valence-electron chi connectivity index (χ0n) is 9.17. The van der Waals surface area contributed by atoms with Gasteiger partial charge in [-0.15, -0.1) is 0 Å². The number of carbonyl (C=O) groups is 1. The van der Waals surface area contributed by atoms with Crippen LogP contribution < -0.4 is 20.7 Å². The van der Waals surface area contributed by atoms with Crippen LogP contribution >= 0.6 is 0 Å². The Morgan fingerprint density at radius 2 is 2.31 bits per heavy atom. The van der Waals surface area contributed by atoms with Crippen LogP contribution in [0.3, 0.4) is 0 Å². The molecule has 0 atom stereocenters. The molecule has 5 nitrogen and oxygen atoms in total. The van der Waals surface area contributed by atoms with Gasteiger partial charge < -0.3 is 20.7 Å². The monoisotopic (exact) mass is 221 g/mol. The quantitative estimate of drug-likeness (QED) is 0.653. The van der Waals surface area contributed by atoms with Gasteiger partial charge in [-0.2, -0.15) is 0 Å². The number of benzene rings is 1. The number of rotatable bonds is 4. The number of fused-ring (bicyclic) bond motifs is 1. The molecule has 1 aliphatic rings. The Kier molecular flexibility index (Phi) is 3.26. The number of nitrogens with one attached hydrogen (secondary N) is 3. The van der Waals surface area contributed by atoms with Gasteiger partial charge in [-0.05, 0) is 25.2 Å². The molecule has 2 rings (SSSR count). The van der Waals surface area contributed by atoms with Crippen molar-refractivity contribution in [3.63, 3.8) is 0 Å². The van der Waals surface area contributed by atoms with E-state index in [9.17, 15) is 4.79 Å². The molecule has 0 fully saturated rings. The van der Waals surface area contributed by atoms with E-state index in [0.717, 1.165) is 30.2 Å². The van der Waals surface area contributed by atoms with Crippen molar-refractivity contribution in [3.05, 3.63) is 18.2 Å². The first-order valence-electron chi connectivity index (χ1n) is 5.25. The van der Waals surface area contributed by atoms with Crippen LogP contribution in [-0.4, -0.2) is 32.7 Å². The topological polar surface area (TPSA) is 62.4 Å². The van der Waals surface area contributed by atoms with Crippen LogP contribution in [0.1, 0.15) is 0 Å². The molecule has 1 aromatic carbocycles. The van der Waals surface area contributed by atoms with Crippen LogP contribution in [0.25, 0.3) is 0 Å². The van der Waals surface area contributed by atoms with Gasteiger partial charge in [-0.1, -0.05) is 0 Å². The minimum atomic E-state index is -0.111. The first-order chi connectivity index (χ1) is 7.79. The summed E-state index contributed by atoms with van der Waals surface area (Å²) in [5.41, 5.74) is 1.70. The summed E-state index contributed by atoms with van der Waals surface area (Å²) < 4.78 is 5.26. The minimum absolute atomic E-state index is 0.0968. The Bertz CT molecular complexity index is 393. The molecule has 16 heavy (non-hydrogen) atoms. The lowest BCUT2D eigenvalue weighted by Gasteiger charge is -2.18. The van der Waals surface area contributed by atoms with E-state index < -0.39 is 0 Å². The van der Waals surface area contributed by atoms with E-state index in [1.165, 1.54) is 0 Å². The SMILES string of the molecule is CNCCNc1ccc2c(c1)NC(=O)CO2. The summed E-state index contributed by atoms with van der Waals surface area (Å²) >= 11 is 0. The highest BCUT2D eigenvalue weighted by molar-refractivity contribution is 5.95. The summed E-state index contributed by atoms with van der Waals surface area (Å²) in [6.07, 6.45) is 0. The summed E-state index contributed by atoms with van der Waals surface area (Å²) in [5, 5.41) is 9.06. The summed E-state index contributed by atoms with van der Waals surface area (Å²) in [4.78, 5) is 11.1. The van der Waals surface area contributed by atoms with E-state index in [4.69, 9.17) is 4.74 Å². The molecule has 0 saturated carbocycles. The van der Waals surface area contributed by atoms with Crippen molar-refractivity contribution in [1.29, 1.82) is 0 Å². The fourth-order valence-electron chi connectivity index (χ4n) is 1.52. The number of anilines is 2.